The number of hydrogen-bond donors (Lipinski definition) is 4. The van der Waals surface area contributed by atoms with Crippen molar-refractivity contribution >= 4 is 35.0 Å². The summed E-state index contributed by atoms with van der Waals surface area (Å²) in [6.07, 6.45) is 0.247. The van der Waals surface area contributed by atoms with Crippen molar-refractivity contribution in [3.8, 4) is 11.5 Å². The van der Waals surface area contributed by atoms with E-state index in [1.54, 1.807) is 24.3 Å². The van der Waals surface area contributed by atoms with Gasteiger partial charge in [0.05, 0.1) is 25.0 Å². The number of aromatic hydroxyl groups is 2. The number of likely N-dealkylation sites (tertiary alicyclic amines) is 1. The number of fused-ring (bicyclic) bond motifs is 4. The lowest BCUT2D eigenvalue weighted by molar-refractivity contribution is -0.143. The number of phenols is 2. The van der Waals surface area contributed by atoms with Crippen LogP contribution in [0.25, 0.3) is 0 Å². The predicted octanol–water partition coefficient (Wildman–Crippen LogP) is 1.36. The Morgan fingerprint density at radius 2 is 1.88 bits per heavy atom. The topological polar surface area (TPSA) is 128 Å². The molecule has 1 spiro atoms. The highest BCUT2D eigenvalue weighted by Crippen LogP contribution is 2.53. The van der Waals surface area contributed by atoms with Gasteiger partial charge in [0.2, 0.25) is 17.7 Å². The number of hydrogen-bond acceptors (Lipinski definition) is 7. The number of carbonyl (C=O) groups is 3. The molecule has 9 nitrogen and oxygen atoms in total. The summed E-state index contributed by atoms with van der Waals surface area (Å²) < 4.78 is 5.07. The van der Waals surface area contributed by atoms with E-state index >= 15 is 0 Å². The smallest absolute Gasteiger partial charge is 0.250 e. The van der Waals surface area contributed by atoms with Crippen LogP contribution < -0.4 is 10.6 Å². The Labute approximate surface area is 194 Å². The Hall–Kier alpha value is -3.14. The van der Waals surface area contributed by atoms with E-state index in [2.05, 4.69) is 10.6 Å². The Morgan fingerprint density at radius 1 is 1.09 bits per heavy atom. The molecule has 10 heteroatoms. The van der Waals surface area contributed by atoms with Crippen molar-refractivity contribution in [2.24, 2.45) is 11.8 Å². The van der Waals surface area contributed by atoms with Crippen molar-refractivity contribution in [2.75, 3.05) is 25.6 Å². The number of phenolic OH excluding ortho intramolecular Hbond substituents is 2. The number of benzene rings is 2. The number of imide groups is 1. The number of carbonyl (C=O) groups excluding carboxylic acids is 3. The molecule has 3 amide bonds. The van der Waals surface area contributed by atoms with Gasteiger partial charge in [-0.05, 0) is 42.3 Å². The second-order valence-electron chi connectivity index (χ2n) is 8.55. The quantitative estimate of drug-likeness (QED) is 0.383. The third kappa shape index (κ3) is 3.11. The molecule has 0 aliphatic carbocycles. The molecule has 3 aliphatic rings. The maximum Gasteiger partial charge on any atom is 0.250 e. The van der Waals surface area contributed by atoms with E-state index in [4.69, 9.17) is 16.3 Å². The number of methoxy groups -OCH3 is 1. The fraction of sp³-hybridized carbons (Fsp3) is 0.348. The molecule has 2 unspecified atom stereocenters. The van der Waals surface area contributed by atoms with Crippen LogP contribution in [0, 0.1) is 11.8 Å². The zero-order valence-electron chi connectivity index (χ0n) is 17.7. The predicted molar refractivity (Wildman–Crippen MR) is 118 cm³/mol. The Kier molecular flexibility index (Phi) is 5.08. The van der Waals surface area contributed by atoms with Crippen LogP contribution in [0.5, 0.6) is 11.5 Å². The van der Waals surface area contributed by atoms with Gasteiger partial charge >= 0.3 is 0 Å². The number of halogens is 1. The van der Waals surface area contributed by atoms with E-state index in [1.807, 2.05) is 0 Å². The molecule has 33 heavy (non-hydrogen) atoms. The van der Waals surface area contributed by atoms with Gasteiger partial charge in [-0.3, -0.25) is 24.6 Å². The fourth-order valence-corrected chi connectivity index (χ4v) is 5.53. The molecule has 0 saturated carbocycles. The molecule has 172 valence electrons. The summed E-state index contributed by atoms with van der Waals surface area (Å²) in [5.74, 6) is -3.54. The molecule has 2 fully saturated rings. The van der Waals surface area contributed by atoms with Crippen molar-refractivity contribution in [3.63, 3.8) is 0 Å². The van der Waals surface area contributed by atoms with Gasteiger partial charge < -0.3 is 20.3 Å². The van der Waals surface area contributed by atoms with E-state index in [-0.39, 0.29) is 37.0 Å². The van der Waals surface area contributed by atoms with Crippen LogP contribution >= 0.6 is 11.6 Å². The second-order valence-corrected chi connectivity index (χ2v) is 8.99. The molecule has 3 heterocycles. The van der Waals surface area contributed by atoms with E-state index in [0.717, 1.165) is 0 Å². The average Bonchev–Trinajstić information content (AvgIpc) is 3.34. The highest BCUT2D eigenvalue weighted by molar-refractivity contribution is 6.31. The van der Waals surface area contributed by atoms with Crippen molar-refractivity contribution < 1.29 is 29.3 Å². The zero-order valence-corrected chi connectivity index (χ0v) is 18.4. The van der Waals surface area contributed by atoms with Crippen LogP contribution in [-0.4, -0.2) is 59.1 Å². The number of nitrogens with one attached hydrogen (secondary N) is 2. The van der Waals surface area contributed by atoms with Crippen molar-refractivity contribution in [1.82, 2.24) is 10.2 Å². The van der Waals surface area contributed by atoms with Gasteiger partial charge in [-0.15, -0.1) is 0 Å². The number of nitrogens with zero attached hydrogens (tertiary/aromatic N) is 1. The minimum atomic E-state index is -1.46. The fourth-order valence-electron chi connectivity index (χ4n) is 5.36. The first-order valence-electron chi connectivity index (χ1n) is 10.5. The van der Waals surface area contributed by atoms with E-state index in [9.17, 15) is 24.6 Å². The van der Waals surface area contributed by atoms with Gasteiger partial charge in [-0.25, -0.2) is 0 Å². The molecular formula is C23H22ClN3O6. The van der Waals surface area contributed by atoms with Gasteiger partial charge in [-0.2, -0.15) is 0 Å². The molecule has 0 aromatic heterocycles. The molecule has 0 radical (unpaired) electrons. The first kappa shape index (κ1) is 21.7. The Morgan fingerprint density at radius 3 is 2.61 bits per heavy atom. The molecule has 5 rings (SSSR count). The third-order valence-electron chi connectivity index (χ3n) is 6.78. The van der Waals surface area contributed by atoms with Crippen molar-refractivity contribution in [3.05, 3.63) is 52.5 Å². The summed E-state index contributed by atoms with van der Waals surface area (Å²) in [6.45, 7) is 0.274. The molecule has 2 aromatic rings. The highest BCUT2D eigenvalue weighted by atomic mass is 35.5. The van der Waals surface area contributed by atoms with Gasteiger partial charge in [0.1, 0.15) is 5.54 Å². The summed E-state index contributed by atoms with van der Waals surface area (Å²) in [4.78, 5) is 41.5. The van der Waals surface area contributed by atoms with Crippen molar-refractivity contribution in [2.45, 2.75) is 18.0 Å². The monoisotopic (exact) mass is 471 g/mol. The molecule has 4 N–H and O–H groups in total. The van der Waals surface area contributed by atoms with E-state index in [1.165, 1.54) is 24.1 Å². The lowest BCUT2D eigenvalue weighted by Gasteiger charge is -2.29. The standard InChI is InChI=1S/C23H22ClN3O6/c1-33-7-6-27-20(30)18-15(8-11-2-5-16(28)17(29)9-11)26-23(19(18)21(27)31)13-10-12(24)3-4-14(13)25-22(23)32/h2-5,9-10,15,18-19,26,28-29H,6-8H2,1H3,(H,25,32)/t15?,18-,19+,23?/m1/s1. The van der Waals surface area contributed by atoms with Crippen LogP contribution in [0.15, 0.2) is 36.4 Å². The molecule has 3 aliphatic heterocycles. The maximum absolute atomic E-state index is 13.5. The summed E-state index contributed by atoms with van der Waals surface area (Å²) in [5, 5.41) is 26.1. The van der Waals surface area contributed by atoms with Crippen molar-refractivity contribution in [1.29, 1.82) is 0 Å². The van der Waals surface area contributed by atoms with Gasteiger partial charge in [0, 0.05) is 29.4 Å². The number of ether oxygens (including phenoxy) is 1. The van der Waals surface area contributed by atoms with Gasteiger partial charge in [-0.1, -0.05) is 17.7 Å². The molecule has 2 aromatic carbocycles. The lowest BCUT2D eigenvalue weighted by atomic mass is 9.76. The molecular weight excluding hydrogens is 450 g/mol. The number of rotatable bonds is 5. The number of amides is 3. The summed E-state index contributed by atoms with van der Waals surface area (Å²) in [7, 11) is 1.48. The molecule has 4 atom stereocenters. The van der Waals surface area contributed by atoms with Crippen LogP contribution in [0.1, 0.15) is 11.1 Å². The SMILES string of the molecule is COCCN1C(=O)[C@@H]2C(Cc3ccc(O)c(O)c3)NC3(C(=O)Nc4ccc(Cl)cc43)[C@@H]2C1=O. The average molecular weight is 472 g/mol. The third-order valence-corrected chi connectivity index (χ3v) is 7.02. The first-order chi connectivity index (χ1) is 15.8. The minimum absolute atomic E-state index is 0.0913. The van der Waals surface area contributed by atoms with Gasteiger partial charge in [0.15, 0.2) is 11.5 Å². The van der Waals surface area contributed by atoms with E-state index < -0.39 is 35.2 Å². The van der Waals surface area contributed by atoms with Crippen LogP contribution in [0.4, 0.5) is 5.69 Å². The lowest BCUT2D eigenvalue weighted by Crippen LogP contribution is -2.53. The first-order valence-corrected chi connectivity index (χ1v) is 10.9. The summed E-state index contributed by atoms with van der Waals surface area (Å²) >= 11 is 6.24. The van der Waals surface area contributed by atoms with Crippen LogP contribution in [0.3, 0.4) is 0 Å². The summed E-state index contributed by atoms with van der Waals surface area (Å²) in [5.41, 5.74) is 0.247. The normalized spacial score (nSPS) is 27.9. The second kappa shape index (κ2) is 7.72. The maximum atomic E-state index is 13.5. The number of anilines is 1. The largest absolute Gasteiger partial charge is 0.504 e. The van der Waals surface area contributed by atoms with Gasteiger partial charge in [0.25, 0.3) is 0 Å². The van der Waals surface area contributed by atoms with Crippen LogP contribution in [-0.2, 0) is 31.1 Å². The zero-order chi connectivity index (χ0) is 23.5. The Bertz CT molecular complexity index is 1190. The highest BCUT2D eigenvalue weighted by Gasteiger charge is 2.70. The summed E-state index contributed by atoms with van der Waals surface area (Å²) in [6, 6.07) is 8.77. The Balaban J connectivity index is 1.61. The van der Waals surface area contributed by atoms with Crippen LogP contribution in [0.2, 0.25) is 5.02 Å². The molecule has 2 saturated heterocycles. The molecule has 0 bridgehead atoms. The minimum Gasteiger partial charge on any atom is -0.504 e. The van der Waals surface area contributed by atoms with E-state index in [0.29, 0.717) is 21.8 Å².